The molecule has 0 saturated heterocycles. The van der Waals surface area contributed by atoms with Crippen LogP contribution >= 0.6 is 0 Å². The fourth-order valence-corrected chi connectivity index (χ4v) is 2.85. The van der Waals surface area contributed by atoms with Crippen molar-refractivity contribution in [2.75, 3.05) is 13.7 Å². The number of halogens is 2. The van der Waals surface area contributed by atoms with E-state index in [4.69, 9.17) is 4.74 Å². The molecule has 2 N–H and O–H groups in total. The van der Waals surface area contributed by atoms with Crippen molar-refractivity contribution < 1.29 is 27.8 Å². The van der Waals surface area contributed by atoms with Crippen molar-refractivity contribution in [2.24, 2.45) is 0 Å². The molecule has 2 amide bonds. The van der Waals surface area contributed by atoms with Crippen LogP contribution in [-0.2, 0) is 16.0 Å². The van der Waals surface area contributed by atoms with Crippen LogP contribution in [0.1, 0.15) is 30.5 Å². The Labute approximate surface area is 168 Å². The highest BCUT2D eigenvalue weighted by Gasteiger charge is 2.17. The van der Waals surface area contributed by atoms with Crippen LogP contribution in [0.5, 0.6) is 11.5 Å². The lowest BCUT2D eigenvalue weighted by Gasteiger charge is -2.18. The largest absolute Gasteiger partial charge is 0.493 e. The van der Waals surface area contributed by atoms with Gasteiger partial charge in [-0.2, -0.15) is 8.78 Å². The molecule has 0 fully saturated rings. The molecular weight excluding hydrogens is 382 g/mol. The van der Waals surface area contributed by atoms with Crippen LogP contribution in [0.3, 0.4) is 0 Å². The van der Waals surface area contributed by atoms with E-state index in [-0.39, 0.29) is 29.7 Å². The lowest BCUT2D eigenvalue weighted by molar-refractivity contribution is -0.122. The summed E-state index contributed by atoms with van der Waals surface area (Å²) in [5.41, 5.74) is 1.64. The molecule has 0 unspecified atom stereocenters. The lowest BCUT2D eigenvalue weighted by atomic mass is 10.0. The van der Waals surface area contributed by atoms with Gasteiger partial charge in [0.15, 0.2) is 11.5 Å². The number of amides is 2. The molecule has 29 heavy (non-hydrogen) atoms. The standard InChI is InChI=1S/C21H24F2N2O4/c1-14(26)25-17(16-6-4-3-5-7-16)13-20(27)24-11-10-15-8-9-18(29-21(22)23)19(12-15)28-2/h3-9,12,17,21H,10-11,13H2,1-2H3,(H,24,27)(H,25,26)/t17-/m0/s1. The third-order valence-corrected chi connectivity index (χ3v) is 4.15. The summed E-state index contributed by atoms with van der Waals surface area (Å²) in [6.45, 7) is -1.18. The Morgan fingerprint density at radius 2 is 1.79 bits per heavy atom. The van der Waals surface area contributed by atoms with Crippen LogP contribution < -0.4 is 20.1 Å². The number of alkyl halides is 2. The normalized spacial score (nSPS) is 11.6. The van der Waals surface area contributed by atoms with Crippen molar-refractivity contribution in [1.29, 1.82) is 0 Å². The molecular formula is C21H24F2N2O4. The van der Waals surface area contributed by atoms with Gasteiger partial charge in [-0.05, 0) is 29.7 Å². The van der Waals surface area contributed by atoms with Crippen LogP contribution in [-0.4, -0.2) is 32.1 Å². The average molecular weight is 406 g/mol. The second-order valence-corrected chi connectivity index (χ2v) is 6.33. The predicted octanol–water partition coefficient (Wildman–Crippen LogP) is 3.22. The smallest absolute Gasteiger partial charge is 0.387 e. The van der Waals surface area contributed by atoms with Gasteiger partial charge < -0.3 is 20.1 Å². The molecule has 0 aliphatic heterocycles. The number of hydrogen-bond acceptors (Lipinski definition) is 4. The highest BCUT2D eigenvalue weighted by atomic mass is 19.3. The summed E-state index contributed by atoms with van der Waals surface area (Å²) in [4.78, 5) is 23.8. The zero-order valence-electron chi connectivity index (χ0n) is 16.3. The van der Waals surface area contributed by atoms with Crippen LogP contribution in [0.2, 0.25) is 0 Å². The molecule has 0 spiro atoms. The summed E-state index contributed by atoms with van der Waals surface area (Å²) in [5.74, 6) is -0.276. The lowest BCUT2D eigenvalue weighted by Crippen LogP contribution is -2.33. The van der Waals surface area contributed by atoms with Crippen LogP contribution in [0.4, 0.5) is 8.78 Å². The second-order valence-electron chi connectivity index (χ2n) is 6.33. The minimum atomic E-state index is -2.93. The molecule has 0 saturated carbocycles. The summed E-state index contributed by atoms with van der Waals surface area (Å²) in [5, 5.41) is 5.59. The van der Waals surface area contributed by atoms with Gasteiger partial charge >= 0.3 is 6.61 Å². The molecule has 0 aliphatic carbocycles. The van der Waals surface area contributed by atoms with Gasteiger partial charge in [0.25, 0.3) is 0 Å². The third-order valence-electron chi connectivity index (χ3n) is 4.15. The molecule has 0 aliphatic rings. The molecule has 0 bridgehead atoms. The van der Waals surface area contributed by atoms with E-state index >= 15 is 0 Å². The Morgan fingerprint density at radius 1 is 1.07 bits per heavy atom. The summed E-state index contributed by atoms with van der Waals surface area (Å²) in [6.07, 6.45) is 0.585. The number of methoxy groups -OCH3 is 1. The fraction of sp³-hybridized carbons (Fsp3) is 0.333. The Hall–Kier alpha value is -3.16. The van der Waals surface area contributed by atoms with Crippen molar-refractivity contribution in [1.82, 2.24) is 10.6 Å². The quantitative estimate of drug-likeness (QED) is 0.635. The summed E-state index contributed by atoms with van der Waals surface area (Å²) in [7, 11) is 1.37. The van der Waals surface area contributed by atoms with Crippen molar-refractivity contribution in [3.63, 3.8) is 0 Å². The van der Waals surface area contributed by atoms with E-state index in [1.165, 1.54) is 20.1 Å². The van der Waals surface area contributed by atoms with E-state index in [1.807, 2.05) is 30.3 Å². The van der Waals surface area contributed by atoms with E-state index in [0.717, 1.165) is 11.1 Å². The van der Waals surface area contributed by atoms with E-state index in [1.54, 1.807) is 12.1 Å². The van der Waals surface area contributed by atoms with Gasteiger partial charge in [-0.15, -0.1) is 0 Å². The molecule has 2 aromatic carbocycles. The van der Waals surface area contributed by atoms with Gasteiger partial charge in [-0.25, -0.2) is 0 Å². The highest BCUT2D eigenvalue weighted by Crippen LogP contribution is 2.29. The molecule has 1 atom stereocenters. The number of rotatable bonds is 10. The summed E-state index contributed by atoms with van der Waals surface area (Å²) >= 11 is 0. The van der Waals surface area contributed by atoms with Gasteiger partial charge in [0.05, 0.1) is 19.6 Å². The summed E-state index contributed by atoms with van der Waals surface area (Å²) in [6, 6.07) is 13.5. The predicted molar refractivity (Wildman–Crippen MR) is 104 cm³/mol. The first-order valence-corrected chi connectivity index (χ1v) is 9.09. The van der Waals surface area contributed by atoms with E-state index in [9.17, 15) is 18.4 Å². The van der Waals surface area contributed by atoms with Crippen LogP contribution in [0.25, 0.3) is 0 Å². The van der Waals surface area contributed by atoms with Gasteiger partial charge in [0.1, 0.15) is 0 Å². The Morgan fingerprint density at radius 3 is 2.41 bits per heavy atom. The molecule has 2 aromatic rings. The number of carbonyl (C=O) groups is 2. The molecule has 6 nitrogen and oxygen atoms in total. The third kappa shape index (κ3) is 7.40. The number of hydrogen-bond donors (Lipinski definition) is 2. The maximum absolute atomic E-state index is 12.4. The Kier molecular flexibility index (Phi) is 8.39. The zero-order valence-corrected chi connectivity index (χ0v) is 16.3. The molecule has 0 aromatic heterocycles. The first-order chi connectivity index (χ1) is 13.9. The first-order valence-electron chi connectivity index (χ1n) is 9.09. The summed E-state index contributed by atoms with van der Waals surface area (Å²) < 4.78 is 34.2. The average Bonchev–Trinajstić information content (AvgIpc) is 2.68. The molecule has 0 radical (unpaired) electrons. The van der Waals surface area contributed by atoms with Crippen molar-refractivity contribution in [2.45, 2.75) is 32.4 Å². The first kappa shape index (κ1) is 22.1. The minimum Gasteiger partial charge on any atom is -0.493 e. The highest BCUT2D eigenvalue weighted by molar-refractivity contribution is 5.79. The molecule has 156 valence electrons. The van der Waals surface area contributed by atoms with E-state index < -0.39 is 12.7 Å². The SMILES string of the molecule is COc1cc(CCNC(=O)C[C@H](NC(C)=O)c2ccccc2)ccc1OC(F)F. The maximum Gasteiger partial charge on any atom is 0.387 e. The number of carbonyl (C=O) groups excluding carboxylic acids is 2. The van der Waals surface area contributed by atoms with Gasteiger partial charge in [-0.3, -0.25) is 9.59 Å². The number of nitrogens with one attached hydrogen (secondary N) is 2. The molecule has 0 heterocycles. The molecule has 8 heteroatoms. The molecule has 2 rings (SSSR count). The van der Waals surface area contributed by atoms with Gasteiger partial charge in [0, 0.05) is 13.5 Å². The number of benzene rings is 2. The van der Waals surface area contributed by atoms with Crippen molar-refractivity contribution in [3.8, 4) is 11.5 Å². The van der Waals surface area contributed by atoms with Gasteiger partial charge in [-0.1, -0.05) is 36.4 Å². The minimum absolute atomic E-state index is 0.0451. The Bertz CT molecular complexity index is 816. The second kappa shape index (κ2) is 11.0. The Balaban J connectivity index is 1.90. The van der Waals surface area contributed by atoms with Crippen molar-refractivity contribution >= 4 is 11.8 Å². The topological polar surface area (TPSA) is 76.7 Å². The number of ether oxygens (including phenoxy) is 2. The van der Waals surface area contributed by atoms with Gasteiger partial charge in [0.2, 0.25) is 11.8 Å². The van der Waals surface area contributed by atoms with Crippen LogP contribution in [0.15, 0.2) is 48.5 Å². The van der Waals surface area contributed by atoms with Crippen LogP contribution in [0, 0.1) is 0 Å². The fourth-order valence-electron chi connectivity index (χ4n) is 2.85. The van der Waals surface area contributed by atoms with Crippen molar-refractivity contribution in [3.05, 3.63) is 59.7 Å². The van der Waals surface area contributed by atoms with E-state index in [0.29, 0.717) is 13.0 Å². The zero-order chi connectivity index (χ0) is 21.2. The maximum atomic E-state index is 12.4. The monoisotopic (exact) mass is 406 g/mol. The van der Waals surface area contributed by atoms with E-state index in [2.05, 4.69) is 15.4 Å².